The monoisotopic (exact) mass is 200 g/mol. The van der Waals surface area contributed by atoms with E-state index in [1.165, 1.54) is 22.2 Å². The molecule has 0 bridgehead atoms. The second kappa shape index (κ2) is 5.76. The molecule has 68 valence electrons. The van der Waals surface area contributed by atoms with Crippen LogP contribution in [0.5, 0.6) is 0 Å². The van der Waals surface area contributed by atoms with E-state index < -0.39 is 0 Å². The first-order chi connectivity index (χ1) is 5.83. The van der Waals surface area contributed by atoms with Crippen LogP contribution in [-0.2, 0) is 0 Å². The van der Waals surface area contributed by atoms with Crippen LogP contribution in [0, 0.1) is 5.92 Å². The van der Waals surface area contributed by atoms with E-state index in [1.54, 1.807) is 0 Å². The predicted octanol–water partition coefficient (Wildman–Crippen LogP) is 3.91. The van der Waals surface area contributed by atoms with Crippen molar-refractivity contribution in [3.8, 4) is 0 Å². The summed E-state index contributed by atoms with van der Waals surface area (Å²) in [4.78, 5) is 0. The average Bonchev–Trinajstić information content (AvgIpc) is 2.16. The largest absolute Gasteiger partial charge is 0.120 e. The second-order valence-corrected chi connectivity index (χ2v) is 5.55. The minimum absolute atomic E-state index is 0.626. The second-order valence-electron chi connectivity index (χ2n) is 3.02. The van der Waals surface area contributed by atoms with Crippen LogP contribution in [0.3, 0.4) is 0 Å². The van der Waals surface area contributed by atoms with Crippen molar-refractivity contribution in [2.24, 2.45) is 5.92 Å². The van der Waals surface area contributed by atoms with E-state index in [9.17, 15) is 0 Å². The maximum atomic E-state index is 3.78. The summed E-state index contributed by atoms with van der Waals surface area (Å²) in [6, 6.07) is 0. The lowest BCUT2D eigenvalue weighted by Crippen LogP contribution is -1.92. The third-order valence-electron chi connectivity index (χ3n) is 1.84. The fourth-order valence-electron chi connectivity index (χ4n) is 0.942. The minimum Gasteiger partial charge on any atom is -0.120 e. The number of thioether (sulfide) groups is 2. The quantitative estimate of drug-likeness (QED) is 0.634. The van der Waals surface area contributed by atoms with Crippen molar-refractivity contribution in [1.82, 2.24) is 0 Å². The van der Waals surface area contributed by atoms with E-state index in [-0.39, 0.29) is 0 Å². The van der Waals surface area contributed by atoms with E-state index in [4.69, 9.17) is 0 Å². The molecule has 1 aliphatic rings. The third kappa shape index (κ3) is 3.72. The van der Waals surface area contributed by atoms with Gasteiger partial charge in [-0.15, -0.1) is 30.1 Å². The molecule has 0 aromatic rings. The number of rotatable bonds is 3. The molecule has 0 saturated carbocycles. The molecule has 0 N–H and O–H groups in total. The van der Waals surface area contributed by atoms with Crippen molar-refractivity contribution >= 4 is 23.5 Å². The summed E-state index contributed by atoms with van der Waals surface area (Å²) in [5.74, 6) is 3.24. The fraction of sp³-hybridized carbons (Fsp3) is 0.600. The van der Waals surface area contributed by atoms with Gasteiger partial charge in [0.25, 0.3) is 0 Å². The van der Waals surface area contributed by atoms with Crippen molar-refractivity contribution in [1.29, 1.82) is 0 Å². The van der Waals surface area contributed by atoms with Gasteiger partial charge in [0.15, 0.2) is 0 Å². The van der Waals surface area contributed by atoms with Crippen molar-refractivity contribution in [2.75, 3.05) is 11.5 Å². The van der Waals surface area contributed by atoms with Gasteiger partial charge in [0.1, 0.15) is 0 Å². The van der Waals surface area contributed by atoms with Crippen molar-refractivity contribution in [2.45, 2.75) is 19.8 Å². The first-order valence-electron chi connectivity index (χ1n) is 4.41. The van der Waals surface area contributed by atoms with Crippen molar-refractivity contribution in [3.05, 3.63) is 23.0 Å². The average molecular weight is 200 g/mol. The lowest BCUT2D eigenvalue weighted by Gasteiger charge is -2.12. The highest BCUT2D eigenvalue weighted by Crippen LogP contribution is 2.35. The molecule has 0 amide bonds. The zero-order valence-corrected chi connectivity index (χ0v) is 9.22. The van der Waals surface area contributed by atoms with E-state index in [1.807, 2.05) is 29.6 Å². The Balaban J connectivity index is 2.29. The van der Waals surface area contributed by atoms with Crippen LogP contribution >= 0.6 is 23.5 Å². The van der Waals surface area contributed by atoms with E-state index in [2.05, 4.69) is 19.6 Å². The normalized spacial score (nSPS) is 20.2. The summed E-state index contributed by atoms with van der Waals surface area (Å²) in [6.07, 6.45) is 6.90. The lowest BCUT2D eigenvalue weighted by atomic mass is 10.1. The standard InChI is InChI=1S/C10H16S2/c1-3-9(2)5-6-10-11-7-4-8-12-10/h3,6,9H,1,4-5,7-8H2,2H3. The van der Waals surface area contributed by atoms with Gasteiger partial charge in [-0.25, -0.2) is 0 Å². The molecular formula is C10H16S2. The molecule has 12 heavy (non-hydrogen) atoms. The molecule has 1 aliphatic heterocycles. The molecular weight excluding hydrogens is 184 g/mol. The molecule has 0 aliphatic carbocycles. The van der Waals surface area contributed by atoms with Crippen LogP contribution in [0.15, 0.2) is 23.0 Å². The molecule has 0 radical (unpaired) electrons. The number of allylic oxidation sites excluding steroid dienone is 2. The maximum Gasteiger partial charge on any atom is 0.0361 e. The highest BCUT2D eigenvalue weighted by molar-refractivity contribution is 8.22. The summed E-state index contributed by atoms with van der Waals surface area (Å²) < 4.78 is 1.52. The topological polar surface area (TPSA) is 0 Å². The predicted molar refractivity (Wildman–Crippen MR) is 61.6 cm³/mol. The highest BCUT2D eigenvalue weighted by Gasteiger charge is 2.05. The zero-order chi connectivity index (χ0) is 8.81. The molecule has 1 unspecified atom stereocenters. The Bertz CT molecular complexity index is 165. The Morgan fingerprint density at radius 3 is 2.75 bits per heavy atom. The van der Waals surface area contributed by atoms with E-state index in [0.29, 0.717) is 5.92 Å². The fourth-order valence-corrected chi connectivity index (χ4v) is 3.37. The molecule has 0 spiro atoms. The van der Waals surface area contributed by atoms with Crippen molar-refractivity contribution in [3.63, 3.8) is 0 Å². The Kier molecular flexibility index (Phi) is 4.93. The summed E-state index contributed by atoms with van der Waals surface area (Å²) in [5.41, 5.74) is 0. The van der Waals surface area contributed by atoms with Crippen LogP contribution in [-0.4, -0.2) is 11.5 Å². The van der Waals surface area contributed by atoms with Gasteiger partial charge in [0, 0.05) is 4.24 Å². The van der Waals surface area contributed by atoms with E-state index >= 15 is 0 Å². The Hall–Kier alpha value is 0.180. The number of hydrogen-bond acceptors (Lipinski definition) is 2. The minimum atomic E-state index is 0.626. The third-order valence-corrected chi connectivity index (χ3v) is 4.43. The van der Waals surface area contributed by atoms with Crippen LogP contribution in [0.4, 0.5) is 0 Å². The van der Waals surface area contributed by atoms with Gasteiger partial charge in [-0.3, -0.25) is 0 Å². The summed E-state index contributed by atoms with van der Waals surface area (Å²) in [7, 11) is 0. The van der Waals surface area contributed by atoms with Gasteiger partial charge in [-0.1, -0.05) is 19.1 Å². The Morgan fingerprint density at radius 2 is 2.17 bits per heavy atom. The Labute approximate surface area is 83.9 Å². The van der Waals surface area contributed by atoms with Gasteiger partial charge in [-0.2, -0.15) is 0 Å². The Morgan fingerprint density at radius 1 is 1.50 bits per heavy atom. The van der Waals surface area contributed by atoms with Crippen molar-refractivity contribution < 1.29 is 0 Å². The molecule has 2 heteroatoms. The van der Waals surface area contributed by atoms with Gasteiger partial charge in [-0.05, 0) is 30.3 Å². The van der Waals surface area contributed by atoms with Gasteiger partial charge in [0.2, 0.25) is 0 Å². The van der Waals surface area contributed by atoms with Gasteiger partial charge in [0.05, 0.1) is 0 Å². The first kappa shape index (κ1) is 10.3. The zero-order valence-electron chi connectivity index (χ0n) is 7.58. The molecule has 1 saturated heterocycles. The molecule has 0 nitrogen and oxygen atoms in total. The number of hydrogen-bond donors (Lipinski definition) is 0. The summed E-state index contributed by atoms with van der Waals surface area (Å²) in [5, 5.41) is 0. The van der Waals surface area contributed by atoms with Crippen LogP contribution < -0.4 is 0 Å². The SMILES string of the molecule is C=CC(C)CC=C1SCCCS1. The van der Waals surface area contributed by atoms with Crippen LogP contribution in [0.25, 0.3) is 0 Å². The van der Waals surface area contributed by atoms with Gasteiger partial charge >= 0.3 is 0 Å². The highest BCUT2D eigenvalue weighted by atomic mass is 32.2. The van der Waals surface area contributed by atoms with Crippen LogP contribution in [0.1, 0.15) is 19.8 Å². The van der Waals surface area contributed by atoms with E-state index in [0.717, 1.165) is 6.42 Å². The lowest BCUT2D eigenvalue weighted by molar-refractivity contribution is 0.747. The first-order valence-corrected chi connectivity index (χ1v) is 6.38. The molecule has 1 rings (SSSR count). The smallest absolute Gasteiger partial charge is 0.0361 e. The van der Waals surface area contributed by atoms with Gasteiger partial charge < -0.3 is 0 Å². The molecule has 0 aromatic carbocycles. The summed E-state index contributed by atoms with van der Waals surface area (Å²) >= 11 is 4.01. The molecule has 1 heterocycles. The molecule has 0 aromatic heterocycles. The molecule has 1 fully saturated rings. The maximum absolute atomic E-state index is 3.78. The van der Waals surface area contributed by atoms with Crippen LogP contribution in [0.2, 0.25) is 0 Å². The summed E-state index contributed by atoms with van der Waals surface area (Å²) in [6.45, 7) is 5.99. The molecule has 1 atom stereocenters.